The predicted molar refractivity (Wildman–Crippen MR) is 360 cm³/mol. The molecule has 0 saturated carbocycles. The van der Waals surface area contributed by atoms with Gasteiger partial charge in [0.1, 0.15) is 13.2 Å². The Balaban J connectivity index is 3.99. The van der Waals surface area contributed by atoms with Gasteiger partial charge in [-0.2, -0.15) is 0 Å². The number of aliphatic hydroxyl groups excluding tert-OH is 1. The largest absolute Gasteiger partial charge is 0.472 e. The van der Waals surface area contributed by atoms with Gasteiger partial charge in [-0.05, 0) is 51.4 Å². The first-order chi connectivity index (χ1) is 40.0. The summed E-state index contributed by atoms with van der Waals surface area (Å²) in [5, 5.41) is 14.0. The topological polar surface area (TPSA) is 105 Å². The summed E-state index contributed by atoms with van der Waals surface area (Å²) in [4.78, 5) is 23.4. The molecule has 1 amide bonds. The standard InChI is InChI=1S/C73H143N2O6P/c1-6-8-10-12-14-16-18-20-22-24-26-28-30-32-33-34-35-36-37-38-39-40-41-43-45-47-49-51-53-55-57-59-61-63-65-67-73(77)74-71(70-81-82(78,79)80-69-68-75(3,4)5)72(76)66-64-62-60-58-56-54-52-50-48-46-44-42-31-29-27-25-23-21-19-17-15-13-11-9-7-2/h18,20,24,26,64,66,71-72,76H,6-17,19,21-23,25,27-63,65,67-70H2,1-5H3,(H-,74,77,78,79)/p+1/b20-18-,26-24-,66-64+. The van der Waals surface area contributed by atoms with Crippen molar-refractivity contribution < 1.29 is 32.9 Å². The highest BCUT2D eigenvalue weighted by atomic mass is 31.2. The molecule has 0 heterocycles. The summed E-state index contributed by atoms with van der Waals surface area (Å²) in [7, 11) is 1.59. The molecule has 0 fully saturated rings. The van der Waals surface area contributed by atoms with E-state index in [0.29, 0.717) is 17.4 Å². The molecule has 0 aromatic carbocycles. The van der Waals surface area contributed by atoms with E-state index in [2.05, 4.69) is 43.5 Å². The van der Waals surface area contributed by atoms with Gasteiger partial charge in [-0.25, -0.2) is 4.57 Å². The maximum Gasteiger partial charge on any atom is 0.472 e. The van der Waals surface area contributed by atoms with Crippen LogP contribution in [0.3, 0.4) is 0 Å². The van der Waals surface area contributed by atoms with Gasteiger partial charge in [0.2, 0.25) is 5.91 Å². The molecule has 0 aromatic heterocycles. The van der Waals surface area contributed by atoms with E-state index in [0.717, 1.165) is 38.5 Å². The normalized spacial score (nSPS) is 13.8. The highest BCUT2D eigenvalue weighted by molar-refractivity contribution is 7.47. The quantitative estimate of drug-likeness (QED) is 0.0243. The number of likely N-dealkylation sites (N-methyl/N-ethyl adjacent to an activating group) is 1. The average molecular weight is 1180 g/mol. The fraction of sp³-hybridized carbons (Fsp3) is 0.904. The lowest BCUT2D eigenvalue weighted by Crippen LogP contribution is -2.45. The van der Waals surface area contributed by atoms with Crippen molar-refractivity contribution in [2.24, 2.45) is 0 Å². The number of hydrogen-bond donors (Lipinski definition) is 3. The van der Waals surface area contributed by atoms with Crippen molar-refractivity contribution in [1.82, 2.24) is 5.32 Å². The third kappa shape index (κ3) is 66.2. The lowest BCUT2D eigenvalue weighted by molar-refractivity contribution is -0.870. The number of allylic oxidation sites excluding steroid dienone is 5. The Labute approximate surface area is 512 Å². The van der Waals surface area contributed by atoms with E-state index >= 15 is 0 Å². The van der Waals surface area contributed by atoms with Crippen LogP contribution in [0.5, 0.6) is 0 Å². The van der Waals surface area contributed by atoms with E-state index in [9.17, 15) is 19.4 Å². The summed E-state index contributed by atoms with van der Waals surface area (Å²) in [6.07, 6.45) is 85.9. The highest BCUT2D eigenvalue weighted by Gasteiger charge is 2.28. The molecule has 0 spiro atoms. The average Bonchev–Trinajstić information content (AvgIpc) is 3.45. The molecular formula is C73H144N2O6P+. The van der Waals surface area contributed by atoms with E-state index in [-0.39, 0.29) is 19.1 Å². The Hall–Kier alpha value is -1.28. The van der Waals surface area contributed by atoms with E-state index in [1.54, 1.807) is 6.08 Å². The molecule has 9 heteroatoms. The lowest BCUT2D eigenvalue weighted by Gasteiger charge is -2.25. The van der Waals surface area contributed by atoms with Crippen LogP contribution in [0.2, 0.25) is 0 Å². The van der Waals surface area contributed by atoms with Gasteiger partial charge >= 0.3 is 7.82 Å². The number of amides is 1. The second-order valence-corrected chi connectivity index (χ2v) is 27.8. The highest BCUT2D eigenvalue weighted by Crippen LogP contribution is 2.43. The molecule has 0 aliphatic heterocycles. The van der Waals surface area contributed by atoms with E-state index < -0.39 is 20.0 Å². The van der Waals surface area contributed by atoms with Crippen molar-refractivity contribution in [2.45, 2.75) is 386 Å². The first-order valence-corrected chi connectivity index (χ1v) is 37.9. The van der Waals surface area contributed by atoms with Crippen LogP contribution in [-0.2, 0) is 18.4 Å². The number of phosphoric acid groups is 1. The maximum atomic E-state index is 13.1. The molecule has 0 aromatic rings. The minimum atomic E-state index is -4.35. The van der Waals surface area contributed by atoms with Crippen LogP contribution in [-0.4, -0.2) is 73.4 Å². The van der Waals surface area contributed by atoms with Gasteiger partial charge in [0.25, 0.3) is 0 Å². The first kappa shape index (κ1) is 80.7. The Kier molecular flexibility index (Phi) is 63.2. The van der Waals surface area contributed by atoms with Crippen LogP contribution >= 0.6 is 7.82 Å². The molecule has 0 aliphatic carbocycles. The number of nitrogens with zero attached hydrogens (tertiary/aromatic N) is 1. The summed E-state index contributed by atoms with van der Waals surface area (Å²) >= 11 is 0. The Bertz CT molecular complexity index is 1430. The molecular weight excluding hydrogens is 1030 g/mol. The van der Waals surface area contributed by atoms with Crippen LogP contribution in [0.1, 0.15) is 373 Å². The molecule has 3 N–H and O–H groups in total. The molecule has 0 saturated heterocycles. The van der Waals surface area contributed by atoms with Crippen molar-refractivity contribution in [2.75, 3.05) is 40.9 Å². The Morgan fingerprint density at radius 1 is 0.415 bits per heavy atom. The number of rotatable bonds is 68. The van der Waals surface area contributed by atoms with Gasteiger partial charge in [0.15, 0.2) is 0 Å². The number of nitrogens with one attached hydrogen (secondary N) is 1. The summed E-state index contributed by atoms with van der Waals surface area (Å²) in [6.45, 7) is 4.87. The van der Waals surface area contributed by atoms with Gasteiger partial charge in [-0.3, -0.25) is 13.8 Å². The van der Waals surface area contributed by atoms with E-state index in [1.165, 1.54) is 315 Å². The van der Waals surface area contributed by atoms with Crippen LogP contribution in [0.25, 0.3) is 0 Å². The second kappa shape index (κ2) is 64.2. The van der Waals surface area contributed by atoms with E-state index in [1.807, 2.05) is 27.2 Å². The van der Waals surface area contributed by atoms with Gasteiger partial charge in [-0.15, -0.1) is 0 Å². The predicted octanol–water partition coefficient (Wildman–Crippen LogP) is 23.2. The number of unbranched alkanes of at least 4 members (excludes halogenated alkanes) is 51. The third-order valence-electron chi connectivity index (χ3n) is 16.9. The number of quaternary nitrogens is 1. The van der Waals surface area contributed by atoms with Crippen molar-refractivity contribution in [3.8, 4) is 0 Å². The zero-order valence-electron chi connectivity index (χ0n) is 55.8. The summed E-state index contributed by atoms with van der Waals surface area (Å²) in [5.41, 5.74) is 0. The number of hydrogen-bond acceptors (Lipinski definition) is 5. The number of carbonyl (C=O) groups excluding carboxylic acids is 1. The smallest absolute Gasteiger partial charge is 0.387 e. The fourth-order valence-corrected chi connectivity index (χ4v) is 11.9. The van der Waals surface area contributed by atoms with Gasteiger partial charge in [0, 0.05) is 6.42 Å². The molecule has 3 atom stereocenters. The van der Waals surface area contributed by atoms with Crippen molar-refractivity contribution in [3.05, 3.63) is 36.5 Å². The summed E-state index contributed by atoms with van der Waals surface area (Å²) < 4.78 is 23.8. The van der Waals surface area contributed by atoms with Gasteiger partial charge in [-0.1, -0.05) is 352 Å². The molecule has 0 rings (SSSR count). The molecule has 82 heavy (non-hydrogen) atoms. The van der Waals surface area contributed by atoms with Crippen molar-refractivity contribution in [1.29, 1.82) is 0 Å². The minimum Gasteiger partial charge on any atom is -0.387 e. The van der Waals surface area contributed by atoms with Crippen molar-refractivity contribution >= 4 is 13.7 Å². The molecule has 3 unspecified atom stereocenters. The Morgan fingerprint density at radius 2 is 0.695 bits per heavy atom. The molecule has 486 valence electrons. The number of carbonyl (C=O) groups is 1. The lowest BCUT2D eigenvalue weighted by atomic mass is 10.0. The van der Waals surface area contributed by atoms with Crippen LogP contribution in [0, 0.1) is 0 Å². The monoisotopic (exact) mass is 1180 g/mol. The van der Waals surface area contributed by atoms with Crippen LogP contribution in [0.15, 0.2) is 36.5 Å². The molecule has 0 aliphatic rings. The summed E-state index contributed by atoms with van der Waals surface area (Å²) in [6, 6.07) is -0.846. The zero-order valence-corrected chi connectivity index (χ0v) is 56.7. The van der Waals surface area contributed by atoms with Crippen LogP contribution in [0.4, 0.5) is 0 Å². The Morgan fingerprint density at radius 3 is 1.00 bits per heavy atom. The maximum absolute atomic E-state index is 13.1. The SMILES string of the molecule is CCCCCCC/C=C\C/C=C\CCCCCCCCCCCCCCCCCCCCCCCCCC(=O)NC(COP(=O)(O)OCC[N+](C)(C)C)C(O)/C=C/CCCCCCCCCCCCCCCCCCCCCCCCC. The zero-order chi connectivity index (χ0) is 59.8. The number of phosphoric ester groups is 1. The summed E-state index contributed by atoms with van der Waals surface area (Å²) in [5.74, 6) is -0.168. The molecule has 8 nitrogen and oxygen atoms in total. The van der Waals surface area contributed by atoms with Gasteiger partial charge in [0.05, 0.1) is 39.9 Å². The number of aliphatic hydroxyl groups is 1. The van der Waals surface area contributed by atoms with Crippen molar-refractivity contribution in [3.63, 3.8) is 0 Å². The minimum absolute atomic E-state index is 0.0640. The van der Waals surface area contributed by atoms with Crippen LogP contribution < -0.4 is 5.32 Å². The van der Waals surface area contributed by atoms with Gasteiger partial charge < -0.3 is 19.8 Å². The molecule has 0 bridgehead atoms. The molecule has 0 radical (unpaired) electrons. The first-order valence-electron chi connectivity index (χ1n) is 36.4. The van der Waals surface area contributed by atoms with E-state index in [4.69, 9.17) is 9.05 Å². The second-order valence-electron chi connectivity index (χ2n) is 26.3. The third-order valence-corrected chi connectivity index (χ3v) is 17.8. The fourth-order valence-electron chi connectivity index (χ4n) is 11.2.